The molecule has 2 unspecified atom stereocenters. The molecule has 8 heteroatoms. The zero-order chi connectivity index (χ0) is 16.9. The number of carbonyl (C=O) groups is 1. The lowest BCUT2D eigenvalue weighted by Gasteiger charge is -2.35. The second kappa shape index (κ2) is 4.98. The van der Waals surface area contributed by atoms with Gasteiger partial charge in [-0.3, -0.25) is 4.79 Å². The average Bonchev–Trinajstić information content (AvgIpc) is 2.66. The van der Waals surface area contributed by atoms with Crippen LogP contribution in [-0.2, 0) is 0 Å². The summed E-state index contributed by atoms with van der Waals surface area (Å²) < 4.78 is 39.9. The second-order valence-corrected chi connectivity index (χ2v) is 5.28. The third kappa shape index (κ3) is 2.14. The number of rotatable bonds is 1. The highest BCUT2D eigenvalue weighted by molar-refractivity contribution is 6.00. The molecular formula is C14H15F3N2O3. The Hall–Kier alpha value is -2.09. The summed E-state index contributed by atoms with van der Waals surface area (Å²) in [6.45, 7) is 3.93. The molecule has 22 heavy (non-hydrogen) atoms. The van der Waals surface area contributed by atoms with Crippen LogP contribution < -0.4 is 0 Å². The summed E-state index contributed by atoms with van der Waals surface area (Å²) in [6, 6.07) is 4.10. The molecular weight excluding hydrogens is 301 g/mol. The molecule has 2 atom stereocenters. The van der Waals surface area contributed by atoms with Crippen LogP contribution in [0.25, 0.3) is 0 Å². The van der Waals surface area contributed by atoms with Gasteiger partial charge in [-0.25, -0.2) is 0 Å². The number of hydrazone groups is 1. The molecule has 1 aliphatic rings. The summed E-state index contributed by atoms with van der Waals surface area (Å²) in [6.07, 6.45) is -5.09. The number of amides is 1. The number of nitrogens with zero attached hydrogens (tertiary/aromatic N) is 2. The molecule has 0 radical (unpaired) electrons. The van der Waals surface area contributed by atoms with E-state index in [0.717, 1.165) is 6.92 Å². The first-order valence-electron chi connectivity index (χ1n) is 6.49. The Morgan fingerprint density at radius 2 is 1.95 bits per heavy atom. The van der Waals surface area contributed by atoms with Crippen LogP contribution in [0.15, 0.2) is 23.3 Å². The Kier molecular flexibility index (Phi) is 3.68. The Balaban J connectivity index is 2.55. The standard InChI is InChI=1S/C14H15F3N2O3/c1-7-5-4-6-10(11(7)20)12(21)19-13(22,14(15,16)17)8(2)9(3)18-19/h4-6,8,20,22H,1-3H3. The average molecular weight is 316 g/mol. The number of aliphatic hydroxyl groups is 1. The van der Waals surface area contributed by atoms with Crippen molar-refractivity contribution in [3.63, 3.8) is 0 Å². The topological polar surface area (TPSA) is 73.1 Å². The first-order chi connectivity index (χ1) is 10.0. The maximum atomic E-state index is 13.3. The van der Waals surface area contributed by atoms with Gasteiger partial charge in [0.2, 0.25) is 0 Å². The fraction of sp³-hybridized carbons (Fsp3) is 0.429. The van der Waals surface area contributed by atoms with E-state index in [0.29, 0.717) is 5.56 Å². The summed E-state index contributed by atoms with van der Waals surface area (Å²) >= 11 is 0. The van der Waals surface area contributed by atoms with Crippen molar-refractivity contribution in [3.8, 4) is 5.75 Å². The van der Waals surface area contributed by atoms with E-state index in [2.05, 4.69) is 5.10 Å². The van der Waals surface area contributed by atoms with Gasteiger partial charge in [0, 0.05) is 5.71 Å². The largest absolute Gasteiger partial charge is 0.507 e. The lowest BCUT2D eigenvalue weighted by molar-refractivity contribution is -0.310. The van der Waals surface area contributed by atoms with Gasteiger partial charge in [0.05, 0.1) is 11.5 Å². The quantitative estimate of drug-likeness (QED) is 0.835. The summed E-state index contributed by atoms with van der Waals surface area (Å²) in [5.41, 5.74) is -3.49. The molecule has 0 saturated carbocycles. The zero-order valence-corrected chi connectivity index (χ0v) is 12.1. The number of hydrogen-bond acceptors (Lipinski definition) is 4. The van der Waals surface area contributed by atoms with E-state index < -0.39 is 29.5 Å². The molecule has 1 aromatic rings. The van der Waals surface area contributed by atoms with Gasteiger partial charge >= 0.3 is 6.18 Å². The van der Waals surface area contributed by atoms with Crippen LogP contribution in [0.2, 0.25) is 0 Å². The molecule has 0 fully saturated rings. The fourth-order valence-corrected chi connectivity index (χ4v) is 2.31. The number of aryl methyl sites for hydroxylation is 1. The van der Waals surface area contributed by atoms with E-state index in [9.17, 15) is 28.2 Å². The van der Waals surface area contributed by atoms with Crippen LogP contribution in [0, 0.1) is 12.8 Å². The first-order valence-corrected chi connectivity index (χ1v) is 6.49. The van der Waals surface area contributed by atoms with Crippen molar-refractivity contribution < 1.29 is 28.2 Å². The normalized spacial score (nSPS) is 25.3. The van der Waals surface area contributed by atoms with E-state index in [1.807, 2.05) is 0 Å². The van der Waals surface area contributed by atoms with Crippen LogP contribution in [0.5, 0.6) is 5.75 Å². The molecule has 5 nitrogen and oxygen atoms in total. The number of halogens is 3. The molecule has 0 spiro atoms. The fourth-order valence-electron chi connectivity index (χ4n) is 2.31. The summed E-state index contributed by atoms with van der Waals surface area (Å²) in [4.78, 5) is 12.4. The summed E-state index contributed by atoms with van der Waals surface area (Å²) in [5.74, 6) is -3.07. The van der Waals surface area contributed by atoms with Crippen molar-refractivity contribution in [1.29, 1.82) is 0 Å². The van der Waals surface area contributed by atoms with Crippen molar-refractivity contribution in [1.82, 2.24) is 5.01 Å². The van der Waals surface area contributed by atoms with Crippen molar-refractivity contribution in [2.75, 3.05) is 0 Å². The minimum atomic E-state index is -5.09. The highest BCUT2D eigenvalue weighted by atomic mass is 19.4. The molecule has 1 aliphatic heterocycles. The van der Waals surface area contributed by atoms with Gasteiger partial charge in [-0.15, -0.1) is 0 Å². The van der Waals surface area contributed by atoms with Gasteiger partial charge in [-0.2, -0.15) is 23.3 Å². The van der Waals surface area contributed by atoms with E-state index in [1.54, 1.807) is 0 Å². The minimum Gasteiger partial charge on any atom is -0.507 e. The molecule has 0 saturated heterocycles. The Labute approximate surface area is 124 Å². The second-order valence-electron chi connectivity index (χ2n) is 5.28. The molecule has 0 aromatic heterocycles. The monoisotopic (exact) mass is 316 g/mol. The number of phenols is 1. The number of aromatic hydroxyl groups is 1. The predicted molar refractivity (Wildman–Crippen MR) is 72.3 cm³/mol. The minimum absolute atomic E-state index is 0.00148. The highest BCUT2D eigenvalue weighted by Gasteiger charge is 2.66. The van der Waals surface area contributed by atoms with Gasteiger partial charge in [0.15, 0.2) is 0 Å². The number of hydrogen-bond donors (Lipinski definition) is 2. The van der Waals surface area contributed by atoms with E-state index in [1.165, 1.54) is 32.0 Å². The smallest absolute Gasteiger partial charge is 0.439 e. The Bertz CT molecular complexity index is 657. The number of benzene rings is 1. The van der Waals surface area contributed by atoms with Gasteiger partial charge in [-0.1, -0.05) is 19.1 Å². The SMILES string of the molecule is CC1=NN(C(=O)c2cccc(C)c2O)C(O)(C(F)(F)F)C1C. The van der Waals surface area contributed by atoms with E-state index in [-0.39, 0.29) is 16.3 Å². The van der Waals surface area contributed by atoms with E-state index >= 15 is 0 Å². The molecule has 2 N–H and O–H groups in total. The van der Waals surface area contributed by atoms with Crippen LogP contribution in [0.4, 0.5) is 13.2 Å². The molecule has 1 aromatic carbocycles. The third-order valence-electron chi connectivity index (χ3n) is 3.89. The van der Waals surface area contributed by atoms with Gasteiger partial charge in [0.25, 0.3) is 11.6 Å². The van der Waals surface area contributed by atoms with Gasteiger partial charge < -0.3 is 10.2 Å². The summed E-state index contributed by atoms with van der Waals surface area (Å²) in [7, 11) is 0. The lowest BCUT2D eigenvalue weighted by Crippen LogP contribution is -2.60. The number of phenolic OH excluding ortho intramolecular Hbond substituents is 1. The molecule has 1 heterocycles. The Morgan fingerprint density at radius 3 is 2.50 bits per heavy atom. The highest BCUT2D eigenvalue weighted by Crippen LogP contribution is 2.44. The first kappa shape index (κ1) is 16.3. The number of carbonyl (C=O) groups excluding carboxylic acids is 1. The van der Waals surface area contributed by atoms with Crippen LogP contribution in [0.1, 0.15) is 29.8 Å². The van der Waals surface area contributed by atoms with Crippen molar-refractivity contribution in [2.45, 2.75) is 32.7 Å². The van der Waals surface area contributed by atoms with Crippen molar-refractivity contribution >= 4 is 11.6 Å². The Morgan fingerprint density at radius 1 is 1.36 bits per heavy atom. The molecule has 1 amide bonds. The van der Waals surface area contributed by atoms with Gasteiger partial charge in [0.1, 0.15) is 5.75 Å². The van der Waals surface area contributed by atoms with Crippen LogP contribution in [-0.4, -0.2) is 38.7 Å². The summed E-state index contributed by atoms with van der Waals surface area (Å²) in [5, 5.41) is 23.5. The predicted octanol–water partition coefficient (Wildman–Crippen LogP) is 2.42. The number of alkyl halides is 3. The maximum absolute atomic E-state index is 13.3. The molecule has 2 rings (SSSR count). The molecule has 0 bridgehead atoms. The zero-order valence-electron chi connectivity index (χ0n) is 12.1. The maximum Gasteiger partial charge on any atom is 0.439 e. The van der Waals surface area contributed by atoms with Crippen LogP contribution in [0.3, 0.4) is 0 Å². The van der Waals surface area contributed by atoms with Crippen molar-refractivity contribution in [2.24, 2.45) is 11.0 Å². The van der Waals surface area contributed by atoms with Gasteiger partial charge in [-0.05, 0) is 25.5 Å². The number of para-hydroxylation sites is 1. The molecule has 120 valence electrons. The van der Waals surface area contributed by atoms with E-state index in [4.69, 9.17) is 0 Å². The lowest BCUT2D eigenvalue weighted by atomic mass is 9.93. The van der Waals surface area contributed by atoms with Crippen LogP contribution >= 0.6 is 0 Å². The van der Waals surface area contributed by atoms with Crippen molar-refractivity contribution in [3.05, 3.63) is 29.3 Å². The third-order valence-corrected chi connectivity index (χ3v) is 3.89. The molecule has 0 aliphatic carbocycles.